The number of nitrogens with zero attached hydrogens (tertiary/aromatic N) is 2. The Hall–Kier alpha value is -2.88. The number of hydrogen-bond acceptors (Lipinski definition) is 7. The molecule has 1 heterocycles. The Morgan fingerprint density at radius 3 is 2.79 bits per heavy atom. The molecule has 0 radical (unpaired) electrons. The van der Waals surface area contributed by atoms with Crippen LogP contribution in [0.4, 0.5) is 5.69 Å². The second-order valence-electron chi connectivity index (χ2n) is 5.43. The van der Waals surface area contributed by atoms with Gasteiger partial charge >= 0.3 is 5.69 Å². The number of carbonyl (C=O) groups is 1. The van der Waals surface area contributed by atoms with Crippen LogP contribution in [0, 0.1) is 10.1 Å². The summed E-state index contributed by atoms with van der Waals surface area (Å²) in [7, 11) is 1.33. The summed E-state index contributed by atoms with van der Waals surface area (Å²) in [5.41, 5.74) is 1.73. The number of methoxy groups -OCH3 is 1. The number of thiophene rings is 1. The summed E-state index contributed by atoms with van der Waals surface area (Å²) in [6.45, 7) is 0. The fraction of sp³-hybridized carbons (Fsp3) is 0.0588. The lowest BCUT2D eigenvalue weighted by Gasteiger charge is -2.04. The number of nitrogens with one attached hydrogen (secondary N) is 1. The first-order valence-electron chi connectivity index (χ1n) is 7.58. The number of nitro groups is 1. The van der Waals surface area contributed by atoms with E-state index in [1.54, 1.807) is 18.2 Å². The number of halogens is 2. The molecule has 3 aromatic rings. The fourth-order valence-electron chi connectivity index (χ4n) is 2.37. The van der Waals surface area contributed by atoms with E-state index >= 15 is 0 Å². The molecular formula is C17H11Cl2N3O5S. The summed E-state index contributed by atoms with van der Waals surface area (Å²) in [4.78, 5) is 22.9. The first kappa shape index (κ1) is 19.9. The highest BCUT2D eigenvalue weighted by molar-refractivity contribution is 7.21. The third kappa shape index (κ3) is 3.86. The lowest BCUT2D eigenvalue weighted by molar-refractivity contribution is -0.385. The van der Waals surface area contributed by atoms with Crippen LogP contribution in [0.1, 0.15) is 15.2 Å². The topological polar surface area (TPSA) is 114 Å². The minimum Gasteiger partial charge on any atom is -0.502 e. The zero-order valence-corrected chi connectivity index (χ0v) is 16.4. The number of ether oxygens (including phenoxy) is 1. The molecule has 3 rings (SSSR count). The normalized spacial score (nSPS) is 11.1. The van der Waals surface area contributed by atoms with Gasteiger partial charge in [-0.1, -0.05) is 29.3 Å². The van der Waals surface area contributed by atoms with Crippen LogP contribution in [-0.4, -0.2) is 29.3 Å². The molecule has 0 unspecified atom stereocenters. The Labute approximate surface area is 172 Å². The maximum absolute atomic E-state index is 12.4. The van der Waals surface area contributed by atoms with Gasteiger partial charge in [0.05, 0.1) is 29.3 Å². The number of benzene rings is 2. The molecule has 0 aliphatic carbocycles. The summed E-state index contributed by atoms with van der Waals surface area (Å²) in [5.74, 6) is -1.02. The van der Waals surface area contributed by atoms with Crippen molar-refractivity contribution in [1.82, 2.24) is 5.43 Å². The van der Waals surface area contributed by atoms with Gasteiger partial charge < -0.3 is 9.84 Å². The second-order valence-corrected chi connectivity index (χ2v) is 7.29. The van der Waals surface area contributed by atoms with Gasteiger partial charge in [0.2, 0.25) is 5.75 Å². The van der Waals surface area contributed by atoms with Crippen molar-refractivity contribution in [3.05, 3.63) is 60.9 Å². The molecule has 0 aliphatic heterocycles. The molecule has 1 aromatic heterocycles. The molecule has 144 valence electrons. The van der Waals surface area contributed by atoms with E-state index in [1.165, 1.54) is 13.2 Å². The summed E-state index contributed by atoms with van der Waals surface area (Å²) < 4.78 is 5.71. The molecule has 2 aromatic carbocycles. The van der Waals surface area contributed by atoms with Crippen molar-refractivity contribution in [1.29, 1.82) is 0 Å². The molecule has 0 aliphatic rings. The van der Waals surface area contributed by atoms with Crippen LogP contribution in [-0.2, 0) is 0 Å². The van der Waals surface area contributed by atoms with Gasteiger partial charge in [-0.2, -0.15) is 5.10 Å². The van der Waals surface area contributed by atoms with E-state index < -0.39 is 22.3 Å². The Morgan fingerprint density at radius 2 is 2.11 bits per heavy atom. The van der Waals surface area contributed by atoms with E-state index in [9.17, 15) is 20.0 Å². The molecular weight excluding hydrogens is 429 g/mol. The number of carbonyl (C=O) groups excluding carboxylic acids is 1. The molecule has 0 fully saturated rings. The van der Waals surface area contributed by atoms with Crippen LogP contribution in [0.25, 0.3) is 10.1 Å². The number of fused-ring (bicyclic) bond motifs is 1. The number of phenolic OH excluding ortho intramolecular Hbond substituents is 1. The van der Waals surface area contributed by atoms with E-state index in [2.05, 4.69) is 10.5 Å². The summed E-state index contributed by atoms with van der Waals surface area (Å²) in [6.07, 6.45) is 1.07. The zero-order valence-electron chi connectivity index (χ0n) is 14.1. The van der Waals surface area contributed by atoms with Crippen LogP contribution >= 0.6 is 34.5 Å². The number of rotatable bonds is 5. The van der Waals surface area contributed by atoms with E-state index in [0.717, 1.165) is 28.3 Å². The van der Waals surface area contributed by atoms with Crippen molar-refractivity contribution in [2.24, 2.45) is 5.10 Å². The average Bonchev–Trinajstić information content (AvgIpc) is 2.98. The van der Waals surface area contributed by atoms with Gasteiger partial charge in [0.1, 0.15) is 10.6 Å². The molecule has 0 saturated heterocycles. The van der Waals surface area contributed by atoms with Crippen molar-refractivity contribution in [2.45, 2.75) is 0 Å². The van der Waals surface area contributed by atoms with Crippen molar-refractivity contribution in [2.75, 3.05) is 7.11 Å². The smallest absolute Gasteiger partial charge is 0.315 e. The molecule has 0 atom stereocenters. The van der Waals surface area contributed by atoms with E-state index in [-0.39, 0.29) is 21.2 Å². The predicted octanol–water partition coefficient (Wildman–Crippen LogP) is 4.59. The number of nitro benzene ring substituents is 1. The molecule has 2 N–H and O–H groups in total. The SMILES string of the molecule is COc1cc(/C=N\NC(=O)c2sc3cc(Cl)ccc3c2Cl)c(O)c([N+](=O)[O-])c1. The lowest BCUT2D eigenvalue weighted by atomic mass is 10.1. The zero-order chi connectivity index (χ0) is 20.4. The Kier molecular flexibility index (Phi) is 5.68. The molecule has 28 heavy (non-hydrogen) atoms. The van der Waals surface area contributed by atoms with Crippen LogP contribution in [0.5, 0.6) is 11.5 Å². The van der Waals surface area contributed by atoms with Gasteiger partial charge in [0, 0.05) is 20.7 Å². The summed E-state index contributed by atoms with van der Waals surface area (Å²) in [5, 5.41) is 26.2. The van der Waals surface area contributed by atoms with Crippen molar-refractivity contribution >= 4 is 62.4 Å². The van der Waals surface area contributed by atoms with Crippen molar-refractivity contribution < 1.29 is 19.6 Å². The van der Waals surface area contributed by atoms with Gasteiger partial charge in [0.25, 0.3) is 5.91 Å². The van der Waals surface area contributed by atoms with Gasteiger partial charge in [-0.15, -0.1) is 11.3 Å². The Balaban J connectivity index is 1.85. The highest BCUT2D eigenvalue weighted by Crippen LogP contribution is 2.37. The minimum atomic E-state index is -0.754. The highest BCUT2D eigenvalue weighted by Gasteiger charge is 2.20. The number of aromatic hydroxyl groups is 1. The van der Waals surface area contributed by atoms with E-state index in [0.29, 0.717) is 10.4 Å². The third-order valence-corrected chi connectivity index (χ3v) is 5.58. The summed E-state index contributed by atoms with van der Waals surface area (Å²) >= 11 is 13.3. The first-order valence-corrected chi connectivity index (χ1v) is 9.15. The number of hydrogen-bond donors (Lipinski definition) is 2. The highest BCUT2D eigenvalue weighted by atomic mass is 35.5. The Bertz CT molecular complexity index is 1130. The van der Waals surface area contributed by atoms with Crippen molar-refractivity contribution in [3.63, 3.8) is 0 Å². The molecule has 11 heteroatoms. The second kappa shape index (κ2) is 8.01. The number of phenols is 1. The maximum atomic E-state index is 12.4. The molecule has 0 saturated carbocycles. The average molecular weight is 440 g/mol. The summed E-state index contributed by atoms with van der Waals surface area (Å²) in [6, 6.07) is 7.49. The fourth-order valence-corrected chi connectivity index (χ4v) is 4.05. The maximum Gasteiger partial charge on any atom is 0.315 e. The van der Waals surface area contributed by atoms with Crippen molar-refractivity contribution in [3.8, 4) is 11.5 Å². The third-order valence-electron chi connectivity index (χ3n) is 3.69. The van der Waals surface area contributed by atoms with Gasteiger partial charge in [-0.25, -0.2) is 5.43 Å². The van der Waals surface area contributed by atoms with E-state index in [4.69, 9.17) is 27.9 Å². The van der Waals surface area contributed by atoms with Gasteiger partial charge in [-0.3, -0.25) is 14.9 Å². The quantitative estimate of drug-likeness (QED) is 0.342. The number of amides is 1. The number of hydrazone groups is 1. The van der Waals surface area contributed by atoms with Gasteiger partial charge in [0.15, 0.2) is 0 Å². The molecule has 8 nitrogen and oxygen atoms in total. The van der Waals surface area contributed by atoms with Crippen LogP contribution in [0.15, 0.2) is 35.4 Å². The van der Waals surface area contributed by atoms with Crippen LogP contribution < -0.4 is 10.2 Å². The van der Waals surface area contributed by atoms with E-state index in [1.807, 2.05) is 0 Å². The minimum absolute atomic E-state index is 0.000527. The largest absolute Gasteiger partial charge is 0.502 e. The lowest BCUT2D eigenvalue weighted by Crippen LogP contribution is -2.16. The molecule has 0 bridgehead atoms. The monoisotopic (exact) mass is 439 g/mol. The standard InChI is InChI=1S/C17H11Cl2N3O5S/c1-27-10-4-8(15(23)12(6-10)22(25)26)7-20-21-17(24)16-14(19)11-3-2-9(18)5-13(11)28-16/h2-7,23H,1H3,(H,21,24)/b20-7-. The van der Waals surface area contributed by atoms with Gasteiger partial charge in [-0.05, 0) is 18.2 Å². The predicted molar refractivity (Wildman–Crippen MR) is 108 cm³/mol. The van der Waals surface area contributed by atoms with Crippen LogP contribution in [0.2, 0.25) is 10.0 Å². The molecule has 0 spiro atoms. The Morgan fingerprint density at radius 1 is 1.36 bits per heavy atom. The first-order chi connectivity index (χ1) is 13.3. The van der Waals surface area contributed by atoms with Crippen LogP contribution in [0.3, 0.4) is 0 Å². The molecule has 1 amide bonds.